The van der Waals surface area contributed by atoms with E-state index in [1.807, 2.05) is 0 Å². The van der Waals surface area contributed by atoms with E-state index in [9.17, 15) is 4.79 Å². The fourth-order valence-corrected chi connectivity index (χ4v) is 2.65. The van der Waals surface area contributed by atoms with E-state index >= 15 is 0 Å². The molecule has 0 rings (SSSR count). The first-order valence-electron chi connectivity index (χ1n) is 11.0. The van der Waals surface area contributed by atoms with Crippen molar-refractivity contribution < 1.29 is 62.5 Å². The van der Waals surface area contributed by atoms with Crippen LogP contribution in [0.5, 0.6) is 0 Å². The summed E-state index contributed by atoms with van der Waals surface area (Å²) in [5, 5.41) is 8.52. The zero-order valence-electron chi connectivity index (χ0n) is 20.9. The zero-order chi connectivity index (χ0) is 28.4. The van der Waals surface area contributed by atoms with Crippen LogP contribution in [0, 0.1) is 0 Å². The van der Waals surface area contributed by atoms with Gasteiger partial charge in [0.2, 0.25) is 0 Å². The van der Waals surface area contributed by atoms with Crippen LogP contribution in [0.25, 0.3) is 0 Å². The number of hydrogen-bond donors (Lipinski definition) is 1. The number of hydrogen-bond acceptors (Lipinski definition) is 13. The summed E-state index contributed by atoms with van der Waals surface area (Å²) in [6, 6.07) is 0. The molecule has 0 aromatic carbocycles. The van der Waals surface area contributed by atoms with Gasteiger partial charge in [0.15, 0.2) is 0 Å². The third-order valence-corrected chi connectivity index (χ3v) is 3.99. The van der Waals surface area contributed by atoms with Gasteiger partial charge < -0.3 is 32.4 Å². The zero-order valence-corrected chi connectivity index (χ0v) is 28.2. The van der Waals surface area contributed by atoms with Crippen molar-refractivity contribution in [1.29, 1.82) is 0 Å². The van der Waals surface area contributed by atoms with Gasteiger partial charge >= 0.3 is 45.6 Å². The van der Waals surface area contributed by atoms with Crippen LogP contribution in [0.3, 0.4) is 0 Å². The molecule has 0 aromatic heterocycles. The molecule has 0 unspecified atom stereocenters. The molecule has 0 saturated carbocycles. The molecule has 37 heavy (non-hydrogen) atoms. The second-order valence-corrected chi connectivity index (χ2v) is 9.77. The Balaban J connectivity index is -0.000000116. The number of rotatable bonds is 16. The van der Waals surface area contributed by atoms with Gasteiger partial charge in [0.05, 0.1) is 0 Å². The number of carbonyl (C=O) groups is 1. The van der Waals surface area contributed by atoms with Gasteiger partial charge in [0.25, 0.3) is 0 Å². The summed E-state index contributed by atoms with van der Waals surface area (Å²) in [6.45, 7) is 2.27. The van der Waals surface area contributed by atoms with E-state index in [0.29, 0.717) is 6.42 Å². The maximum absolute atomic E-state index is 10.3. The summed E-state index contributed by atoms with van der Waals surface area (Å²) >= 11 is 0. The third-order valence-electron chi connectivity index (χ3n) is 3.99. The quantitative estimate of drug-likeness (QED) is 0.103. The molecule has 0 aromatic rings. The largest absolute Gasteiger partial charge is 3.00 e. The van der Waals surface area contributed by atoms with E-state index in [0.717, 1.165) is 12.8 Å². The Hall–Kier alpha value is 0.353. The van der Waals surface area contributed by atoms with Crippen LogP contribution in [-0.2, 0) is 36.0 Å². The average molecular weight is 712 g/mol. The van der Waals surface area contributed by atoms with Crippen LogP contribution >= 0.6 is 0 Å². The molecule has 0 saturated heterocycles. The Bertz CT molecular complexity index is 693. The van der Waals surface area contributed by atoms with E-state index in [1.54, 1.807) is 0 Å². The predicted octanol–water partition coefficient (Wildman–Crippen LogP) is 1.56. The van der Waals surface area contributed by atoms with Gasteiger partial charge in [0, 0.05) is 37.6 Å². The van der Waals surface area contributed by atoms with Gasteiger partial charge in [-0.3, -0.25) is 30.0 Å². The molecule has 0 aliphatic rings. The van der Waals surface area contributed by atoms with E-state index in [4.69, 9.17) is 57.7 Å². The molecule has 0 bridgehead atoms. The summed E-state index contributed by atoms with van der Waals surface area (Å²) in [4.78, 5) is 10.3. The summed E-state index contributed by atoms with van der Waals surface area (Å²) < 4.78 is 102. The van der Waals surface area contributed by atoms with E-state index in [1.165, 1.54) is 83.5 Å². The van der Waals surface area contributed by atoms with Crippen molar-refractivity contribution in [2.75, 3.05) is 0 Å². The Kier molecular flexibility index (Phi) is 44.2. The van der Waals surface area contributed by atoms with Crippen molar-refractivity contribution in [3.05, 3.63) is 0 Å². The monoisotopic (exact) mass is 710 g/mol. The minimum atomic E-state index is -5.17. The van der Waals surface area contributed by atoms with Crippen LogP contribution in [0.4, 0.5) is 0 Å². The molecule has 14 nitrogen and oxygen atoms in total. The summed E-state index contributed by atoms with van der Waals surface area (Å²) in [7, 11) is -15.5. The van der Waals surface area contributed by atoms with Crippen LogP contribution in [0.15, 0.2) is 0 Å². The molecule has 0 aliphatic heterocycles. The van der Waals surface area contributed by atoms with E-state index in [-0.39, 0.29) is 39.6 Å². The maximum atomic E-state index is 10.3. The fourth-order valence-electron chi connectivity index (χ4n) is 2.65. The Morgan fingerprint density at radius 1 is 0.486 bits per heavy atom. The van der Waals surface area contributed by atoms with E-state index < -0.39 is 37.2 Å². The first kappa shape index (κ1) is 50.2. The molecule has 1 N–H and O–H groups in total. The molecule has 0 atom stereocenters. The summed E-state index contributed by atoms with van der Waals surface area (Å²) in [5.41, 5.74) is 0. The van der Waals surface area contributed by atoms with Crippen LogP contribution in [0.1, 0.15) is 110 Å². The van der Waals surface area contributed by atoms with Crippen molar-refractivity contribution in [3.8, 4) is 0 Å². The molecule has 0 radical (unpaired) electrons. The molecular formula is C18H36Ga2O14S3. The predicted molar refractivity (Wildman–Crippen MR) is 130 cm³/mol. The number of carboxylic acid groups (broad SMARTS) is 1. The van der Waals surface area contributed by atoms with Gasteiger partial charge in [-0.25, -0.2) is 0 Å². The van der Waals surface area contributed by atoms with Crippen molar-refractivity contribution in [3.63, 3.8) is 0 Å². The van der Waals surface area contributed by atoms with Crippen molar-refractivity contribution in [1.82, 2.24) is 0 Å². The first-order chi connectivity index (χ1) is 15.8. The average Bonchev–Trinajstić information content (AvgIpc) is 2.60. The maximum Gasteiger partial charge on any atom is 3.00 e. The van der Waals surface area contributed by atoms with Crippen LogP contribution < -0.4 is 0 Å². The minimum absolute atomic E-state index is 0. The van der Waals surface area contributed by atoms with Gasteiger partial charge in [0.1, 0.15) is 0 Å². The van der Waals surface area contributed by atoms with Gasteiger partial charge in [-0.05, 0) is 6.42 Å². The van der Waals surface area contributed by atoms with E-state index in [2.05, 4.69) is 6.92 Å². The number of carboxylic acids is 1. The molecular weight excluding hydrogens is 676 g/mol. The Morgan fingerprint density at radius 2 is 0.649 bits per heavy atom. The Labute approximate surface area is 247 Å². The smallest absolute Gasteiger partial charge is 0.759 e. The normalized spacial score (nSPS) is 10.6. The molecule has 0 heterocycles. The molecule has 0 aliphatic carbocycles. The SMILES string of the molecule is CCCCCCCCCCCCCCCCCC(=O)O.O=S(=O)([O-])[O-].O=S(=O)([O-])[O-].O=S(=O)([O-])[O-].[Ga+3].[Ga+3]. The molecule has 0 fully saturated rings. The molecule has 0 spiro atoms. The number of aliphatic carboxylic acids is 1. The second kappa shape index (κ2) is 32.6. The second-order valence-electron chi connectivity index (χ2n) is 7.32. The van der Waals surface area contributed by atoms with Crippen LogP contribution in [-0.4, -0.2) is 103 Å². The Morgan fingerprint density at radius 3 is 0.811 bits per heavy atom. The summed E-state index contributed by atoms with van der Waals surface area (Å²) in [5.74, 6) is -0.653. The fraction of sp³-hybridized carbons (Fsp3) is 0.944. The van der Waals surface area contributed by atoms with Gasteiger partial charge in [-0.2, -0.15) is 0 Å². The standard InChI is InChI=1S/C18H36O2.2Ga.3H2O4S/c1-2-3-4-5-6-7-8-9-10-11-12-13-14-15-16-17-18(19)20;;;3*1-5(2,3)4/h2-17H2,1H3,(H,19,20);;;3*(H2,1,2,3,4)/q;2*+3;;;/p-6. The molecule has 0 amide bonds. The van der Waals surface area contributed by atoms with Crippen molar-refractivity contribution in [2.24, 2.45) is 0 Å². The number of unbranched alkanes of at least 4 members (excludes halogenated alkanes) is 14. The summed E-state index contributed by atoms with van der Waals surface area (Å²) in [6.07, 6.45) is 20.2. The first-order valence-corrected chi connectivity index (χ1v) is 15.0. The molecule has 216 valence electrons. The van der Waals surface area contributed by atoms with Crippen LogP contribution in [0.2, 0.25) is 0 Å². The van der Waals surface area contributed by atoms with Gasteiger partial charge in [-0.15, -0.1) is 0 Å². The topological polar surface area (TPSA) is 278 Å². The van der Waals surface area contributed by atoms with Crippen molar-refractivity contribution in [2.45, 2.75) is 110 Å². The van der Waals surface area contributed by atoms with Gasteiger partial charge in [-0.1, -0.05) is 96.8 Å². The third kappa shape index (κ3) is 142. The van der Waals surface area contributed by atoms with Crippen molar-refractivity contribution >= 4 is 76.7 Å². The minimum Gasteiger partial charge on any atom is -0.759 e. The molecule has 19 heteroatoms.